The predicted octanol–water partition coefficient (Wildman–Crippen LogP) is 2.92. The molecule has 0 spiro atoms. The molecule has 3 rings (SSSR count). The van der Waals surface area contributed by atoms with Crippen LogP contribution in [0.15, 0.2) is 34.9 Å². The van der Waals surface area contributed by atoms with Crippen molar-refractivity contribution in [3.05, 3.63) is 41.0 Å². The molecular weight excluding hydrogens is 410 g/mol. The molecular formula is C21H24ClN3O5. The molecule has 30 heavy (non-hydrogen) atoms. The highest BCUT2D eigenvalue weighted by Crippen LogP contribution is 2.28. The predicted molar refractivity (Wildman–Crippen MR) is 110 cm³/mol. The van der Waals surface area contributed by atoms with E-state index in [1.165, 1.54) is 6.07 Å². The lowest BCUT2D eigenvalue weighted by Gasteiger charge is -2.32. The van der Waals surface area contributed by atoms with Crippen LogP contribution in [0, 0.1) is 5.92 Å². The molecule has 0 radical (unpaired) electrons. The van der Waals surface area contributed by atoms with Crippen molar-refractivity contribution in [3.8, 4) is 11.3 Å². The number of esters is 1. The molecule has 0 saturated carbocycles. The summed E-state index contributed by atoms with van der Waals surface area (Å²) in [5, 5.41) is 6.91. The second kappa shape index (κ2) is 9.75. The number of ether oxygens (including phenoxy) is 1. The number of hydrogen-bond donors (Lipinski definition) is 1. The molecule has 2 amide bonds. The Morgan fingerprint density at radius 3 is 2.67 bits per heavy atom. The summed E-state index contributed by atoms with van der Waals surface area (Å²) in [4.78, 5) is 38.6. The van der Waals surface area contributed by atoms with Gasteiger partial charge in [-0.15, -0.1) is 0 Å². The molecule has 1 fully saturated rings. The number of aromatic nitrogens is 1. The Morgan fingerprint density at radius 1 is 1.30 bits per heavy atom. The van der Waals surface area contributed by atoms with E-state index in [-0.39, 0.29) is 23.5 Å². The molecule has 0 bridgehead atoms. The first kappa shape index (κ1) is 21.8. The van der Waals surface area contributed by atoms with E-state index >= 15 is 0 Å². The maximum Gasteiger partial charge on any atom is 0.309 e. The fourth-order valence-electron chi connectivity index (χ4n) is 3.37. The van der Waals surface area contributed by atoms with E-state index < -0.39 is 11.9 Å². The van der Waals surface area contributed by atoms with E-state index in [0.29, 0.717) is 48.9 Å². The number of rotatable bonds is 6. The third-order valence-corrected chi connectivity index (χ3v) is 5.36. The number of carbonyl (C=O) groups is 3. The molecule has 9 heteroatoms. The van der Waals surface area contributed by atoms with E-state index in [1.807, 2.05) is 0 Å². The van der Waals surface area contributed by atoms with Gasteiger partial charge in [0.25, 0.3) is 5.91 Å². The fraction of sp³-hybridized carbons (Fsp3) is 0.429. The minimum Gasteiger partial charge on any atom is -0.466 e. The molecule has 1 N–H and O–H groups in total. The molecule has 1 saturated heterocycles. The zero-order chi connectivity index (χ0) is 21.7. The fourth-order valence-corrected chi connectivity index (χ4v) is 3.60. The van der Waals surface area contributed by atoms with Crippen LogP contribution in [0.4, 0.5) is 0 Å². The van der Waals surface area contributed by atoms with Crippen LogP contribution in [0.3, 0.4) is 0 Å². The highest BCUT2D eigenvalue weighted by atomic mass is 35.5. The second-order valence-electron chi connectivity index (χ2n) is 7.10. The maximum atomic E-state index is 12.7. The van der Waals surface area contributed by atoms with Gasteiger partial charge in [0.05, 0.1) is 17.5 Å². The number of piperidine rings is 1. The number of amides is 2. The zero-order valence-corrected chi connectivity index (χ0v) is 17.6. The highest BCUT2D eigenvalue weighted by molar-refractivity contribution is 6.33. The third kappa shape index (κ3) is 4.99. The van der Waals surface area contributed by atoms with Gasteiger partial charge in [-0.1, -0.05) is 28.9 Å². The lowest BCUT2D eigenvalue weighted by Crippen LogP contribution is -2.50. The number of hydrogen-bond acceptors (Lipinski definition) is 6. The minimum atomic E-state index is -0.739. The molecule has 1 aromatic heterocycles. The molecule has 1 atom stereocenters. The van der Waals surface area contributed by atoms with Gasteiger partial charge in [-0.25, -0.2) is 0 Å². The van der Waals surface area contributed by atoms with Crippen molar-refractivity contribution >= 4 is 29.4 Å². The minimum absolute atomic E-state index is 0.0607. The summed E-state index contributed by atoms with van der Waals surface area (Å²) >= 11 is 6.14. The Hall–Kier alpha value is -2.87. The lowest BCUT2D eigenvalue weighted by atomic mass is 9.96. The standard InChI is InChI=1S/C21H24ClN3O5/c1-3-29-21(28)14-8-10-25(11-9-14)20(27)13(2)23-19(26)17-12-18(30-24-17)15-6-4-5-7-16(15)22/h4-7,12-14H,3,8-11H2,1-2H3,(H,23,26)/t13-/m0/s1. The average Bonchev–Trinajstić information content (AvgIpc) is 3.24. The van der Waals surface area contributed by atoms with E-state index in [1.54, 1.807) is 43.0 Å². The summed E-state index contributed by atoms with van der Waals surface area (Å²) in [6.45, 7) is 4.63. The van der Waals surface area contributed by atoms with Crippen molar-refractivity contribution in [1.29, 1.82) is 0 Å². The average molecular weight is 434 g/mol. The number of nitrogens with one attached hydrogen (secondary N) is 1. The smallest absolute Gasteiger partial charge is 0.309 e. The van der Waals surface area contributed by atoms with Crippen LogP contribution in [0.2, 0.25) is 5.02 Å². The van der Waals surface area contributed by atoms with Crippen molar-refractivity contribution in [2.45, 2.75) is 32.7 Å². The van der Waals surface area contributed by atoms with Crippen molar-refractivity contribution in [2.24, 2.45) is 5.92 Å². The summed E-state index contributed by atoms with van der Waals surface area (Å²) in [5.41, 5.74) is 0.685. The topological polar surface area (TPSA) is 102 Å². The van der Waals surface area contributed by atoms with Gasteiger partial charge in [0, 0.05) is 24.7 Å². The number of nitrogens with zero attached hydrogens (tertiary/aromatic N) is 2. The summed E-state index contributed by atoms with van der Waals surface area (Å²) in [5.74, 6) is -0.755. The third-order valence-electron chi connectivity index (χ3n) is 5.03. The molecule has 2 heterocycles. The van der Waals surface area contributed by atoms with Gasteiger partial charge in [0.2, 0.25) is 5.91 Å². The molecule has 0 unspecified atom stereocenters. The number of likely N-dealkylation sites (tertiary alicyclic amines) is 1. The first-order chi connectivity index (χ1) is 14.4. The SMILES string of the molecule is CCOC(=O)C1CCN(C(=O)[C@H](C)NC(=O)c2cc(-c3ccccc3Cl)on2)CC1. The summed E-state index contributed by atoms with van der Waals surface area (Å²) in [7, 11) is 0. The Morgan fingerprint density at radius 2 is 2.00 bits per heavy atom. The summed E-state index contributed by atoms with van der Waals surface area (Å²) in [6.07, 6.45) is 1.10. The molecule has 8 nitrogen and oxygen atoms in total. The Labute approximate surface area is 179 Å². The first-order valence-corrected chi connectivity index (χ1v) is 10.3. The van der Waals surface area contributed by atoms with Gasteiger partial charge >= 0.3 is 5.97 Å². The van der Waals surface area contributed by atoms with Crippen LogP contribution in [-0.2, 0) is 14.3 Å². The lowest BCUT2D eigenvalue weighted by molar-refractivity contribution is -0.151. The van der Waals surface area contributed by atoms with Gasteiger partial charge in [-0.3, -0.25) is 14.4 Å². The van der Waals surface area contributed by atoms with E-state index in [4.69, 9.17) is 20.9 Å². The van der Waals surface area contributed by atoms with Crippen molar-refractivity contribution in [1.82, 2.24) is 15.4 Å². The summed E-state index contributed by atoms with van der Waals surface area (Å²) in [6, 6.07) is 7.81. The van der Waals surface area contributed by atoms with Crippen molar-refractivity contribution in [2.75, 3.05) is 19.7 Å². The van der Waals surface area contributed by atoms with Gasteiger partial charge in [-0.2, -0.15) is 0 Å². The quantitative estimate of drug-likeness (QED) is 0.703. The van der Waals surface area contributed by atoms with Gasteiger partial charge < -0.3 is 19.5 Å². The molecule has 160 valence electrons. The molecule has 0 aliphatic carbocycles. The van der Waals surface area contributed by atoms with Gasteiger partial charge in [-0.05, 0) is 38.8 Å². The van der Waals surface area contributed by atoms with Gasteiger partial charge in [0.15, 0.2) is 11.5 Å². The molecule has 2 aromatic rings. The van der Waals surface area contributed by atoms with E-state index in [9.17, 15) is 14.4 Å². The number of carbonyl (C=O) groups excluding carboxylic acids is 3. The van der Waals surface area contributed by atoms with Crippen LogP contribution in [-0.4, -0.2) is 53.6 Å². The van der Waals surface area contributed by atoms with Gasteiger partial charge in [0.1, 0.15) is 6.04 Å². The van der Waals surface area contributed by atoms with Crippen LogP contribution < -0.4 is 5.32 Å². The molecule has 1 aliphatic heterocycles. The highest BCUT2D eigenvalue weighted by Gasteiger charge is 2.31. The first-order valence-electron chi connectivity index (χ1n) is 9.88. The molecule has 1 aliphatic rings. The van der Waals surface area contributed by atoms with E-state index in [2.05, 4.69) is 10.5 Å². The molecule has 1 aromatic carbocycles. The normalized spacial score (nSPS) is 15.5. The van der Waals surface area contributed by atoms with E-state index in [0.717, 1.165) is 0 Å². The monoisotopic (exact) mass is 433 g/mol. The number of halogens is 1. The summed E-state index contributed by atoms with van der Waals surface area (Å²) < 4.78 is 10.3. The zero-order valence-electron chi connectivity index (χ0n) is 16.9. The van der Waals surface area contributed by atoms with Crippen molar-refractivity contribution in [3.63, 3.8) is 0 Å². The van der Waals surface area contributed by atoms with Crippen LogP contribution in [0.5, 0.6) is 0 Å². The Balaban J connectivity index is 1.55. The van der Waals surface area contributed by atoms with Crippen LogP contribution in [0.25, 0.3) is 11.3 Å². The maximum absolute atomic E-state index is 12.7. The van der Waals surface area contributed by atoms with Crippen LogP contribution in [0.1, 0.15) is 37.2 Å². The van der Waals surface area contributed by atoms with Crippen LogP contribution >= 0.6 is 11.6 Å². The Kier molecular flexibility index (Phi) is 7.10. The second-order valence-corrected chi connectivity index (χ2v) is 7.51. The largest absolute Gasteiger partial charge is 0.466 e. The Bertz CT molecular complexity index is 921. The number of benzene rings is 1. The van der Waals surface area contributed by atoms with Crippen molar-refractivity contribution < 1.29 is 23.6 Å².